The molecule has 1 aliphatic carbocycles. The molecule has 1 saturated heterocycles. The molecule has 3 rings (SSSR count). The van der Waals surface area contributed by atoms with Crippen LogP contribution in [0.1, 0.15) is 51.8 Å². The largest absolute Gasteiger partial charge is 0.370 e. The van der Waals surface area contributed by atoms with Gasteiger partial charge in [-0.1, -0.05) is 13.8 Å². The van der Waals surface area contributed by atoms with Crippen molar-refractivity contribution in [3.63, 3.8) is 0 Å². The molecule has 1 unspecified atom stereocenters. The monoisotopic (exact) mass is 274 g/mol. The minimum atomic E-state index is 0.607. The van der Waals surface area contributed by atoms with E-state index in [0.29, 0.717) is 5.92 Å². The van der Waals surface area contributed by atoms with E-state index in [1.54, 1.807) is 0 Å². The maximum atomic E-state index is 4.83. The lowest BCUT2D eigenvalue weighted by molar-refractivity contribution is 0.422. The Bertz CT molecular complexity index is 468. The smallest absolute Gasteiger partial charge is 0.136 e. The second-order valence-electron chi connectivity index (χ2n) is 6.51. The van der Waals surface area contributed by atoms with Gasteiger partial charge in [-0.15, -0.1) is 0 Å². The lowest BCUT2D eigenvalue weighted by Gasteiger charge is -2.20. The zero-order valence-corrected chi connectivity index (χ0v) is 12.9. The highest BCUT2D eigenvalue weighted by Gasteiger charge is 2.30. The lowest BCUT2D eigenvalue weighted by atomic mass is 9.95. The number of nitrogens with one attached hydrogen (secondary N) is 1. The van der Waals surface area contributed by atoms with E-state index in [4.69, 9.17) is 4.98 Å². The van der Waals surface area contributed by atoms with Crippen LogP contribution in [0, 0.1) is 11.8 Å². The molecule has 4 heteroatoms. The van der Waals surface area contributed by atoms with Crippen molar-refractivity contribution < 1.29 is 0 Å². The second kappa shape index (κ2) is 5.58. The number of hydrogen-bond acceptors (Lipinski definition) is 4. The van der Waals surface area contributed by atoms with Gasteiger partial charge in [0.05, 0.1) is 0 Å². The van der Waals surface area contributed by atoms with Gasteiger partial charge in [0.25, 0.3) is 0 Å². The van der Waals surface area contributed by atoms with Gasteiger partial charge in [-0.2, -0.15) is 0 Å². The van der Waals surface area contributed by atoms with E-state index in [9.17, 15) is 0 Å². The van der Waals surface area contributed by atoms with Crippen molar-refractivity contribution in [2.75, 3.05) is 29.9 Å². The first-order valence-corrected chi connectivity index (χ1v) is 8.05. The number of aromatic nitrogens is 2. The Balaban J connectivity index is 1.81. The van der Waals surface area contributed by atoms with Gasteiger partial charge in [0.2, 0.25) is 0 Å². The third kappa shape index (κ3) is 2.89. The summed E-state index contributed by atoms with van der Waals surface area (Å²) in [7, 11) is 0. The standard InChI is InChI=1S/C16H26N4/c1-4-17-14-9-15(19-16(18-14)12-5-6-12)20-8-7-13(10-20)11(2)3/h9,11-13H,4-8,10H2,1-3H3,(H,17,18,19). The van der Waals surface area contributed by atoms with Gasteiger partial charge in [-0.05, 0) is 38.0 Å². The van der Waals surface area contributed by atoms with E-state index >= 15 is 0 Å². The van der Waals surface area contributed by atoms with Crippen molar-refractivity contribution in [2.24, 2.45) is 11.8 Å². The van der Waals surface area contributed by atoms with Crippen molar-refractivity contribution in [1.82, 2.24) is 9.97 Å². The van der Waals surface area contributed by atoms with E-state index in [1.165, 1.54) is 19.3 Å². The summed E-state index contributed by atoms with van der Waals surface area (Å²) in [5, 5.41) is 3.35. The number of anilines is 2. The van der Waals surface area contributed by atoms with Crippen LogP contribution in [0.25, 0.3) is 0 Å². The van der Waals surface area contributed by atoms with Crippen LogP contribution < -0.4 is 10.2 Å². The van der Waals surface area contributed by atoms with Crippen LogP contribution in [-0.2, 0) is 0 Å². The Labute approximate surface area is 122 Å². The van der Waals surface area contributed by atoms with Crippen molar-refractivity contribution in [2.45, 2.75) is 46.0 Å². The predicted octanol–water partition coefficient (Wildman–Crippen LogP) is 3.27. The molecule has 0 aromatic carbocycles. The quantitative estimate of drug-likeness (QED) is 0.894. The molecule has 20 heavy (non-hydrogen) atoms. The number of hydrogen-bond donors (Lipinski definition) is 1. The molecule has 1 aromatic rings. The Hall–Kier alpha value is -1.32. The highest BCUT2D eigenvalue weighted by molar-refractivity contribution is 5.50. The molecule has 1 aromatic heterocycles. The maximum absolute atomic E-state index is 4.83. The van der Waals surface area contributed by atoms with Gasteiger partial charge in [0.15, 0.2) is 0 Å². The molecule has 4 nitrogen and oxygen atoms in total. The zero-order chi connectivity index (χ0) is 14.1. The normalized spacial score (nSPS) is 22.6. The lowest BCUT2D eigenvalue weighted by Crippen LogP contribution is -2.23. The number of nitrogens with zero attached hydrogens (tertiary/aromatic N) is 3. The average Bonchev–Trinajstić information content (AvgIpc) is 3.15. The average molecular weight is 274 g/mol. The molecule has 2 heterocycles. The minimum absolute atomic E-state index is 0.607. The summed E-state index contributed by atoms with van der Waals surface area (Å²) >= 11 is 0. The molecule has 0 spiro atoms. The first-order chi connectivity index (χ1) is 9.67. The molecular weight excluding hydrogens is 248 g/mol. The van der Waals surface area contributed by atoms with Gasteiger partial charge < -0.3 is 10.2 Å². The fourth-order valence-electron chi connectivity index (χ4n) is 2.95. The minimum Gasteiger partial charge on any atom is -0.370 e. The fraction of sp³-hybridized carbons (Fsp3) is 0.750. The van der Waals surface area contributed by atoms with Crippen molar-refractivity contribution in [1.29, 1.82) is 0 Å². The van der Waals surface area contributed by atoms with Crippen LogP contribution in [0.4, 0.5) is 11.6 Å². The van der Waals surface area contributed by atoms with Crippen LogP contribution in [0.3, 0.4) is 0 Å². The molecule has 1 saturated carbocycles. The molecule has 1 aliphatic heterocycles. The molecule has 1 N–H and O–H groups in total. The summed E-state index contributed by atoms with van der Waals surface area (Å²) in [6.07, 6.45) is 3.80. The molecule has 0 radical (unpaired) electrons. The van der Waals surface area contributed by atoms with Gasteiger partial charge in [0, 0.05) is 31.6 Å². The van der Waals surface area contributed by atoms with E-state index in [2.05, 4.69) is 42.0 Å². The molecule has 2 fully saturated rings. The number of rotatable bonds is 5. The first kappa shape index (κ1) is 13.7. The van der Waals surface area contributed by atoms with Gasteiger partial charge in [-0.3, -0.25) is 0 Å². The van der Waals surface area contributed by atoms with E-state index in [1.807, 2.05) is 0 Å². The summed E-state index contributed by atoms with van der Waals surface area (Å²) < 4.78 is 0. The van der Waals surface area contributed by atoms with Crippen molar-refractivity contribution >= 4 is 11.6 Å². The summed E-state index contributed by atoms with van der Waals surface area (Å²) in [6.45, 7) is 9.96. The Morgan fingerprint density at radius 3 is 2.70 bits per heavy atom. The maximum Gasteiger partial charge on any atom is 0.136 e. The molecule has 110 valence electrons. The SMILES string of the molecule is CCNc1cc(N2CCC(C(C)C)C2)nc(C2CC2)n1. The van der Waals surface area contributed by atoms with Crippen molar-refractivity contribution in [3.8, 4) is 0 Å². The van der Waals surface area contributed by atoms with E-state index in [0.717, 1.165) is 48.9 Å². The van der Waals surface area contributed by atoms with Gasteiger partial charge >= 0.3 is 0 Å². The first-order valence-electron chi connectivity index (χ1n) is 8.05. The molecular formula is C16H26N4. The molecule has 1 atom stereocenters. The predicted molar refractivity (Wildman–Crippen MR) is 83.3 cm³/mol. The van der Waals surface area contributed by atoms with Crippen molar-refractivity contribution in [3.05, 3.63) is 11.9 Å². The van der Waals surface area contributed by atoms with Gasteiger partial charge in [0.1, 0.15) is 17.5 Å². The Kier molecular flexibility index (Phi) is 3.81. The molecule has 0 amide bonds. The summed E-state index contributed by atoms with van der Waals surface area (Å²) in [4.78, 5) is 11.9. The van der Waals surface area contributed by atoms with E-state index in [-0.39, 0.29) is 0 Å². The van der Waals surface area contributed by atoms with E-state index < -0.39 is 0 Å². The second-order valence-corrected chi connectivity index (χ2v) is 6.51. The summed E-state index contributed by atoms with van der Waals surface area (Å²) in [5.41, 5.74) is 0. The summed E-state index contributed by atoms with van der Waals surface area (Å²) in [6, 6.07) is 2.12. The topological polar surface area (TPSA) is 41.0 Å². The Morgan fingerprint density at radius 1 is 1.30 bits per heavy atom. The van der Waals surface area contributed by atoms with Crippen LogP contribution in [0.15, 0.2) is 6.07 Å². The highest BCUT2D eigenvalue weighted by Crippen LogP contribution is 2.39. The molecule has 0 bridgehead atoms. The zero-order valence-electron chi connectivity index (χ0n) is 12.9. The molecule has 2 aliphatic rings. The van der Waals surface area contributed by atoms with Crippen LogP contribution in [0.2, 0.25) is 0 Å². The third-order valence-electron chi connectivity index (χ3n) is 4.52. The summed E-state index contributed by atoms with van der Waals surface area (Å²) in [5.74, 6) is 5.34. The Morgan fingerprint density at radius 2 is 2.10 bits per heavy atom. The van der Waals surface area contributed by atoms with Crippen LogP contribution >= 0.6 is 0 Å². The van der Waals surface area contributed by atoms with Crippen LogP contribution in [0.5, 0.6) is 0 Å². The fourth-order valence-corrected chi connectivity index (χ4v) is 2.95. The third-order valence-corrected chi connectivity index (χ3v) is 4.52. The van der Waals surface area contributed by atoms with Crippen LogP contribution in [-0.4, -0.2) is 29.6 Å². The highest BCUT2D eigenvalue weighted by atomic mass is 15.2. The van der Waals surface area contributed by atoms with Gasteiger partial charge in [-0.25, -0.2) is 9.97 Å².